The van der Waals surface area contributed by atoms with Crippen molar-refractivity contribution in [3.05, 3.63) is 64.8 Å². The molecule has 1 aliphatic heterocycles. The fourth-order valence-corrected chi connectivity index (χ4v) is 4.77. The van der Waals surface area contributed by atoms with Crippen LogP contribution in [0.3, 0.4) is 0 Å². The van der Waals surface area contributed by atoms with E-state index < -0.39 is 0 Å². The number of amides is 1. The quantitative estimate of drug-likeness (QED) is 0.689. The summed E-state index contributed by atoms with van der Waals surface area (Å²) in [6.45, 7) is 4.63. The van der Waals surface area contributed by atoms with Crippen LogP contribution in [0.1, 0.15) is 21.6 Å². The Hall–Kier alpha value is -2.38. The van der Waals surface area contributed by atoms with Gasteiger partial charge in [0.1, 0.15) is 16.5 Å². The topological polar surface area (TPSA) is 58.1 Å². The minimum absolute atomic E-state index is 0.152. The van der Waals surface area contributed by atoms with Crippen LogP contribution >= 0.6 is 23.1 Å². The summed E-state index contributed by atoms with van der Waals surface area (Å²) < 4.78 is 0. The van der Waals surface area contributed by atoms with Crippen molar-refractivity contribution in [3.8, 4) is 10.6 Å². The van der Waals surface area contributed by atoms with Crippen molar-refractivity contribution in [2.45, 2.75) is 13.5 Å². The van der Waals surface area contributed by atoms with Crippen molar-refractivity contribution in [1.29, 1.82) is 0 Å². The third-order valence-corrected chi connectivity index (χ3v) is 6.60. The van der Waals surface area contributed by atoms with E-state index in [-0.39, 0.29) is 5.91 Å². The van der Waals surface area contributed by atoms with E-state index in [2.05, 4.69) is 20.2 Å². The lowest BCUT2D eigenvalue weighted by Gasteiger charge is -2.27. The molecule has 2 aromatic heterocycles. The molecule has 1 saturated heterocycles. The first kappa shape index (κ1) is 19.0. The van der Waals surface area contributed by atoms with Crippen molar-refractivity contribution in [2.75, 3.05) is 29.5 Å². The highest BCUT2D eigenvalue weighted by atomic mass is 32.2. The highest BCUT2D eigenvalue weighted by molar-refractivity contribution is 7.99. The molecular weight excluding hydrogens is 388 g/mol. The Kier molecular flexibility index (Phi) is 5.92. The predicted octanol–water partition coefficient (Wildman–Crippen LogP) is 4.00. The molecule has 1 N–H and O–H groups in total. The number of carbonyl (C=O) groups excluding carboxylic acids is 1. The SMILES string of the molecule is Cc1ccccc1CNC(=O)c1csc(-c2ccc(N3CCSCC3)nc2)n1. The van der Waals surface area contributed by atoms with Gasteiger partial charge in [-0.2, -0.15) is 11.8 Å². The van der Waals surface area contributed by atoms with Crippen LogP contribution < -0.4 is 10.2 Å². The first-order valence-electron chi connectivity index (χ1n) is 9.28. The lowest BCUT2D eigenvalue weighted by atomic mass is 10.1. The zero-order valence-electron chi connectivity index (χ0n) is 15.7. The molecule has 1 amide bonds. The summed E-state index contributed by atoms with van der Waals surface area (Å²) in [5.74, 6) is 3.16. The Bertz CT molecular complexity index is 949. The summed E-state index contributed by atoms with van der Waals surface area (Å²) in [5, 5.41) is 5.57. The van der Waals surface area contributed by atoms with Gasteiger partial charge in [-0.25, -0.2) is 9.97 Å². The number of thioether (sulfide) groups is 1. The number of nitrogens with one attached hydrogen (secondary N) is 1. The summed E-state index contributed by atoms with van der Waals surface area (Å²) in [6.07, 6.45) is 1.85. The van der Waals surface area contributed by atoms with E-state index in [1.54, 1.807) is 5.38 Å². The molecule has 0 bridgehead atoms. The number of carbonyl (C=O) groups is 1. The van der Waals surface area contributed by atoms with Crippen molar-refractivity contribution >= 4 is 34.8 Å². The summed E-state index contributed by atoms with van der Waals surface area (Å²) in [4.78, 5) is 23.9. The molecule has 144 valence electrons. The van der Waals surface area contributed by atoms with Gasteiger partial charge in [-0.05, 0) is 30.2 Å². The number of pyridine rings is 1. The smallest absolute Gasteiger partial charge is 0.271 e. The molecule has 0 atom stereocenters. The van der Waals surface area contributed by atoms with Gasteiger partial charge in [0.15, 0.2) is 0 Å². The minimum atomic E-state index is -0.152. The molecule has 0 spiro atoms. The zero-order chi connectivity index (χ0) is 19.3. The average molecular weight is 411 g/mol. The Labute approximate surface area is 173 Å². The fraction of sp³-hybridized carbons (Fsp3) is 0.286. The second-order valence-corrected chi connectivity index (χ2v) is 8.73. The van der Waals surface area contributed by atoms with Gasteiger partial charge in [-0.3, -0.25) is 4.79 Å². The second-order valence-electron chi connectivity index (χ2n) is 6.65. The number of anilines is 1. The number of hydrogen-bond acceptors (Lipinski definition) is 6. The van der Waals surface area contributed by atoms with Gasteiger partial charge in [0.25, 0.3) is 5.91 Å². The van der Waals surface area contributed by atoms with E-state index in [0.29, 0.717) is 12.2 Å². The predicted molar refractivity (Wildman–Crippen MR) is 117 cm³/mol. The van der Waals surface area contributed by atoms with Gasteiger partial charge in [0.2, 0.25) is 0 Å². The maximum Gasteiger partial charge on any atom is 0.271 e. The van der Waals surface area contributed by atoms with Crippen LogP contribution in [0.5, 0.6) is 0 Å². The number of aromatic nitrogens is 2. The molecule has 4 rings (SSSR count). The highest BCUT2D eigenvalue weighted by Crippen LogP contribution is 2.25. The molecule has 3 heterocycles. The standard InChI is InChI=1S/C21H22N4OS2/c1-15-4-2-3-5-16(15)12-23-20(26)18-14-28-21(24-18)17-6-7-19(22-13-17)25-8-10-27-11-9-25/h2-7,13-14H,8-12H2,1H3,(H,23,26). The lowest BCUT2D eigenvalue weighted by molar-refractivity contribution is 0.0946. The van der Waals surface area contributed by atoms with Gasteiger partial charge in [-0.15, -0.1) is 11.3 Å². The Morgan fingerprint density at radius 1 is 1.18 bits per heavy atom. The van der Waals surface area contributed by atoms with Crippen LogP contribution in [0.25, 0.3) is 10.6 Å². The molecule has 7 heteroatoms. The molecule has 0 saturated carbocycles. The van der Waals surface area contributed by atoms with Gasteiger partial charge in [0.05, 0.1) is 0 Å². The number of benzene rings is 1. The first-order valence-corrected chi connectivity index (χ1v) is 11.3. The number of hydrogen-bond donors (Lipinski definition) is 1. The van der Waals surface area contributed by atoms with E-state index in [0.717, 1.165) is 46.5 Å². The zero-order valence-corrected chi connectivity index (χ0v) is 17.4. The molecule has 5 nitrogen and oxygen atoms in total. The summed E-state index contributed by atoms with van der Waals surface area (Å²) >= 11 is 3.45. The van der Waals surface area contributed by atoms with Crippen LogP contribution in [-0.2, 0) is 6.54 Å². The van der Waals surface area contributed by atoms with Crippen molar-refractivity contribution < 1.29 is 4.79 Å². The van der Waals surface area contributed by atoms with E-state index in [1.807, 2.05) is 61.3 Å². The fourth-order valence-electron chi connectivity index (χ4n) is 3.08. The average Bonchev–Trinajstić information content (AvgIpc) is 3.24. The summed E-state index contributed by atoms with van der Waals surface area (Å²) in [6, 6.07) is 12.1. The maximum absolute atomic E-state index is 12.4. The third kappa shape index (κ3) is 4.36. The van der Waals surface area contributed by atoms with Crippen LogP contribution in [0.15, 0.2) is 48.0 Å². The van der Waals surface area contributed by atoms with E-state index in [4.69, 9.17) is 0 Å². The normalized spacial score (nSPS) is 14.1. The van der Waals surface area contributed by atoms with E-state index in [9.17, 15) is 4.79 Å². The van der Waals surface area contributed by atoms with Crippen LogP contribution in [0, 0.1) is 6.92 Å². The molecule has 0 unspecified atom stereocenters. The Morgan fingerprint density at radius 2 is 2.00 bits per heavy atom. The summed E-state index contributed by atoms with van der Waals surface area (Å²) in [5.41, 5.74) is 3.67. The van der Waals surface area contributed by atoms with Gasteiger partial charge < -0.3 is 10.2 Å². The van der Waals surface area contributed by atoms with Crippen molar-refractivity contribution in [2.24, 2.45) is 0 Å². The van der Waals surface area contributed by atoms with Gasteiger partial charge in [0, 0.05) is 48.3 Å². The molecule has 3 aromatic rings. The number of nitrogens with zero attached hydrogens (tertiary/aromatic N) is 3. The highest BCUT2D eigenvalue weighted by Gasteiger charge is 2.15. The molecule has 1 aliphatic rings. The van der Waals surface area contributed by atoms with Crippen molar-refractivity contribution in [3.63, 3.8) is 0 Å². The molecule has 28 heavy (non-hydrogen) atoms. The minimum Gasteiger partial charge on any atom is -0.355 e. The Morgan fingerprint density at radius 3 is 2.75 bits per heavy atom. The number of thiazole rings is 1. The number of rotatable bonds is 5. The first-order chi connectivity index (χ1) is 13.7. The molecule has 0 radical (unpaired) electrons. The lowest BCUT2D eigenvalue weighted by Crippen LogP contribution is -2.32. The van der Waals surface area contributed by atoms with E-state index in [1.165, 1.54) is 16.9 Å². The van der Waals surface area contributed by atoms with Crippen LogP contribution in [0.2, 0.25) is 0 Å². The summed E-state index contributed by atoms with van der Waals surface area (Å²) in [7, 11) is 0. The van der Waals surface area contributed by atoms with Crippen molar-refractivity contribution in [1.82, 2.24) is 15.3 Å². The van der Waals surface area contributed by atoms with E-state index >= 15 is 0 Å². The molecule has 1 aromatic carbocycles. The Balaban J connectivity index is 1.40. The largest absolute Gasteiger partial charge is 0.355 e. The molecular formula is C21H22N4OS2. The monoisotopic (exact) mass is 410 g/mol. The van der Waals surface area contributed by atoms with Gasteiger partial charge in [-0.1, -0.05) is 24.3 Å². The second kappa shape index (κ2) is 8.75. The molecule has 0 aliphatic carbocycles. The maximum atomic E-state index is 12.4. The number of aryl methyl sites for hydroxylation is 1. The van der Waals surface area contributed by atoms with Crippen LogP contribution in [0.4, 0.5) is 5.82 Å². The van der Waals surface area contributed by atoms with Crippen LogP contribution in [-0.4, -0.2) is 40.5 Å². The third-order valence-electron chi connectivity index (χ3n) is 4.77. The van der Waals surface area contributed by atoms with Gasteiger partial charge >= 0.3 is 0 Å². The molecule has 1 fully saturated rings.